The molecule has 1 aliphatic heterocycles. The topological polar surface area (TPSA) is 128 Å². The van der Waals surface area contributed by atoms with Crippen LogP contribution in [0.1, 0.15) is 71.3 Å². The highest BCUT2D eigenvalue weighted by molar-refractivity contribution is 5.89. The summed E-state index contributed by atoms with van der Waals surface area (Å²) in [7, 11) is 0. The Morgan fingerprint density at radius 3 is 2.43 bits per heavy atom. The maximum atomic E-state index is 15.1. The molecule has 11 nitrogen and oxygen atoms in total. The lowest BCUT2D eigenvalue weighted by Crippen LogP contribution is -2.56. The molecule has 2 N–H and O–H groups in total. The van der Waals surface area contributed by atoms with Crippen LogP contribution in [0.25, 0.3) is 0 Å². The fourth-order valence-electron chi connectivity index (χ4n) is 4.28. The lowest BCUT2D eigenvalue weighted by atomic mass is 9.98. The summed E-state index contributed by atoms with van der Waals surface area (Å²) in [5.41, 5.74) is -2.45. The van der Waals surface area contributed by atoms with Gasteiger partial charge in [-0.15, -0.1) is 0 Å². The largest absolute Gasteiger partial charge is 0.447 e. The van der Waals surface area contributed by atoms with Gasteiger partial charge in [-0.25, -0.2) is 32.4 Å². The molecule has 42 heavy (non-hydrogen) atoms. The maximum absolute atomic E-state index is 15.1. The molecule has 232 valence electrons. The smallest absolute Gasteiger partial charge is 0.409 e. The van der Waals surface area contributed by atoms with E-state index in [1.54, 1.807) is 26.8 Å². The molecule has 0 radical (unpaired) electrons. The standard InChI is InChI=1S/C28H39F3N6O5/c1-26(2,3)42-24(39)35-27(4,5)23(38)34-21(11-13-28(30,31)19-9-7-6-8-10-19)22-32-18-33-37(22)15-16-41-25(40)36-14-12-20(29)17-36/h6-10,18,20-21H,11-17H2,1-5H3,(H,34,38)(H,35,39)/t20-,21+/m1/s1. The third-order valence-electron chi connectivity index (χ3n) is 6.50. The van der Waals surface area contributed by atoms with E-state index in [0.29, 0.717) is 0 Å². The molecule has 2 aromatic rings. The number of carbonyl (C=O) groups is 3. The van der Waals surface area contributed by atoms with Gasteiger partial charge in [0.15, 0.2) is 0 Å². The molecule has 3 rings (SSSR count). The van der Waals surface area contributed by atoms with Crippen molar-refractivity contribution in [3.63, 3.8) is 0 Å². The lowest BCUT2D eigenvalue weighted by molar-refractivity contribution is -0.127. The van der Waals surface area contributed by atoms with Gasteiger partial charge >= 0.3 is 12.2 Å². The first-order chi connectivity index (χ1) is 19.6. The van der Waals surface area contributed by atoms with E-state index in [2.05, 4.69) is 20.7 Å². The minimum atomic E-state index is -3.21. The molecule has 0 aliphatic carbocycles. The van der Waals surface area contributed by atoms with Gasteiger partial charge in [-0.3, -0.25) is 4.79 Å². The first kappa shape index (κ1) is 32.7. The normalized spacial score (nSPS) is 16.6. The minimum absolute atomic E-state index is 0.00890. The second kappa shape index (κ2) is 13.4. The average Bonchev–Trinajstić information content (AvgIpc) is 3.54. The molecule has 0 spiro atoms. The van der Waals surface area contributed by atoms with Crippen molar-refractivity contribution in [3.05, 3.63) is 48.0 Å². The summed E-state index contributed by atoms with van der Waals surface area (Å²) in [6, 6.07) is 6.27. The first-order valence-electron chi connectivity index (χ1n) is 13.8. The highest BCUT2D eigenvalue weighted by Crippen LogP contribution is 2.35. The zero-order chi connectivity index (χ0) is 31.1. The van der Waals surface area contributed by atoms with Crippen LogP contribution in [0.4, 0.5) is 22.8 Å². The number of carbonyl (C=O) groups excluding carboxylic acids is 3. The molecule has 3 amide bonds. The summed E-state index contributed by atoms with van der Waals surface area (Å²) in [5, 5.41) is 9.33. The zero-order valence-corrected chi connectivity index (χ0v) is 24.5. The second-order valence-electron chi connectivity index (χ2n) is 11.7. The number of halogens is 3. The van der Waals surface area contributed by atoms with Crippen molar-refractivity contribution >= 4 is 18.1 Å². The third kappa shape index (κ3) is 9.35. The fraction of sp³-hybridized carbons (Fsp3) is 0.607. The molecule has 0 unspecified atom stereocenters. The minimum Gasteiger partial charge on any atom is -0.447 e. The van der Waals surface area contributed by atoms with E-state index in [0.717, 1.165) is 0 Å². The van der Waals surface area contributed by atoms with Crippen molar-refractivity contribution in [1.29, 1.82) is 0 Å². The molecule has 1 aromatic heterocycles. The lowest BCUT2D eigenvalue weighted by Gasteiger charge is -2.30. The van der Waals surface area contributed by atoms with Gasteiger partial charge < -0.3 is 25.0 Å². The predicted octanol–water partition coefficient (Wildman–Crippen LogP) is 4.49. The Kier molecular flexibility index (Phi) is 10.4. The van der Waals surface area contributed by atoms with Crippen LogP contribution in [0.3, 0.4) is 0 Å². The summed E-state index contributed by atoms with van der Waals surface area (Å²) in [4.78, 5) is 43.4. The Morgan fingerprint density at radius 2 is 1.81 bits per heavy atom. The number of ether oxygens (including phenoxy) is 2. The number of nitrogens with zero attached hydrogens (tertiary/aromatic N) is 4. The Hall–Kier alpha value is -3.84. The Labute approximate surface area is 243 Å². The van der Waals surface area contributed by atoms with Gasteiger partial charge in [0, 0.05) is 18.5 Å². The van der Waals surface area contributed by atoms with E-state index in [9.17, 15) is 18.8 Å². The number of hydrogen-bond acceptors (Lipinski definition) is 7. The molecule has 1 aliphatic rings. The monoisotopic (exact) mass is 596 g/mol. The summed E-state index contributed by atoms with van der Waals surface area (Å²) in [6.45, 7) is 8.01. The van der Waals surface area contributed by atoms with E-state index in [-0.39, 0.29) is 50.5 Å². The molecule has 14 heteroatoms. The molecule has 0 saturated carbocycles. The van der Waals surface area contributed by atoms with Crippen LogP contribution in [0.15, 0.2) is 36.7 Å². The van der Waals surface area contributed by atoms with Gasteiger partial charge in [-0.1, -0.05) is 30.3 Å². The summed E-state index contributed by atoms with van der Waals surface area (Å²) in [5.74, 6) is -3.72. The first-order valence-corrected chi connectivity index (χ1v) is 13.8. The molecule has 1 fully saturated rings. The number of alkyl halides is 3. The van der Waals surface area contributed by atoms with Crippen LogP contribution in [-0.2, 0) is 26.7 Å². The van der Waals surface area contributed by atoms with E-state index in [1.165, 1.54) is 54.0 Å². The van der Waals surface area contributed by atoms with E-state index in [1.807, 2.05) is 0 Å². The Balaban J connectivity index is 1.74. The molecule has 2 heterocycles. The number of nitrogens with one attached hydrogen (secondary N) is 2. The number of benzene rings is 1. The van der Waals surface area contributed by atoms with Crippen LogP contribution < -0.4 is 10.6 Å². The van der Waals surface area contributed by atoms with E-state index in [4.69, 9.17) is 9.47 Å². The number of aromatic nitrogens is 3. The Morgan fingerprint density at radius 1 is 1.12 bits per heavy atom. The molecular formula is C28H39F3N6O5. The predicted molar refractivity (Wildman–Crippen MR) is 146 cm³/mol. The van der Waals surface area contributed by atoms with Gasteiger partial charge in [-0.2, -0.15) is 5.10 Å². The molecule has 1 aromatic carbocycles. The average molecular weight is 597 g/mol. The highest BCUT2D eigenvalue weighted by atomic mass is 19.3. The van der Waals surface area contributed by atoms with Crippen molar-refractivity contribution in [2.75, 3.05) is 19.7 Å². The van der Waals surface area contributed by atoms with Crippen LogP contribution in [0.5, 0.6) is 0 Å². The summed E-state index contributed by atoms with van der Waals surface area (Å²) < 4.78 is 55.5. The summed E-state index contributed by atoms with van der Waals surface area (Å²) >= 11 is 0. The van der Waals surface area contributed by atoms with Gasteiger partial charge in [-0.05, 0) is 47.5 Å². The zero-order valence-electron chi connectivity index (χ0n) is 24.5. The van der Waals surface area contributed by atoms with Crippen molar-refractivity contribution in [3.8, 4) is 0 Å². The number of likely N-dealkylation sites (tertiary alicyclic amines) is 1. The number of amides is 3. The SMILES string of the molecule is CC(C)(C)OC(=O)NC(C)(C)C(=O)N[C@@H](CCC(F)(F)c1ccccc1)c1ncnn1CCOC(=O)N1CC[C@@H](F)C1. The van der Waals surface area contributed by atoms with Crippen LogP contribution in [0.2, 0.25) is 0 Å². The van der Waals surface area contributed by atoms with Crippen LogP contribution >= 0.6 is 0 Å². The van der Waals surface area contributed by atoms with Gasteiger partial charge in [0.2, 0.25) is 5.91 Å². The van der Waals surface area contributed by atoms with Crippen molar-refractivity contribution in [2.45, 2.75) is 89.7 Å². The number of hydrogen-bond donors (Lipinski definition) is 2. The van der Waals surface area contributed by atoms with Gasteiger partial charge in [0.1, 0.15) is 36.1 Å². The second-order valence-corrected chi connectivity index (χ2v) is 11.7. The fourth-order valence-corrected chi connectivity index (χ4v) is 4.28. The van der Waals surface area contributed by atoms with Gasteiger partial charge in [0.25, 0.3) is 5.92 Å². The summed E-state index contributed by atoms with van der Waals surface area (Å²) in [6.07, 6.45) is -2.01. The van der Waals surface area contributed by atoms with Crippen molar-refractivity contribution < 1.29 is 37.0 Å². The maximum Gasteiger partial charge on any atom is 0.409 e. The van der Waals surface area contributed by atoms with E-state index >= 15 is 8.78 Å². The molecule has 0 bridgehead atoms. The third-order valence-corrected chi connectivity index (χ3v) is 6.50. The van der Waals surface area contributed by atoms with Crippen LogP contribution in [-0.4, -0.2) is 74.8 Å². The molecular weight excluding hydrogens is 557 g/mol. The quantitative estimate of drug-likeness (QED) is 0.391. The Bertz CT molecular complexity index is 1220. The number of alkyl carbamates (subject to hydrolysis) is 1. The van der Waals surface area contributed by atoms with E-state index < -0.39 is 53.8 Å². The number of rotatable bonds is 11. The molecule has 1 saturated heterocycles. The molecule has 2 atom stereocenters. The van der Waals surface area contributed by atoms with Crippen molar-refractivity contribution in [2.24, 2.45) is 0 Å². The van der Waals surface area contributed by atoms with Crippen molar-refractivity contribution in [1.82, 2.24) is 30.3 Å². The van der Waals surface area contributed by atoms with Crippen LogP contribution in [0, 0.1) is 0 Å². The highest BCUT2D eigenvalue weighted by Gasteiger charge is 2.37. The van der Waals surface area contributed by atoms with Gasteiger partial charge in [0.05, 0.1) is 19.1 Å².